The molecule has 2 N–H and O–H groups in total. The fourth-order valence-corrected chi connectivity index (χ4v) is 3.62. The summed E-state index contributed by atoms with van der Waals surface area (Å²) in [6.45, 7) is 5.31. The molecule has 5 nitrogen and oxygen atoms in total. The highest BCUT2D eigenvalue weighted by Gasteiger charge is 2.23. The summed E-state index contributed by atoms with van der Waals surface area (Å²) in [5, 5.41) is 10.2. The van der Waals surface area contributed by atoms with Crippen LogP contribution >= 0.6 is 0 Å². The number of nitrogens with zero attached hydrogens (tertiary/aromatic N) is 2. The van der Waals surface area contributed by atoms with Crippen LogP contribution in [0, 0.1) is 0 Å². The third-order valence-electron chi connectivity index (χ3n) is 5.23. The molecule has 5 heteroatoms. The minimum absolute atomic E-state index is 0.134. The molecule has 1 atom stereocenters. The Labute approximate surface area is 149 Å². The molecule has 1 aliphatic heterocycles. The maximum absolute atomic E-state index is 12.3. The highest BCUT2D eigenvalue weighted by Crippen LogP contribution is 2.26. The number of benzene rings is 1. The molecule has 0 saturated carbocycles. The molecule has 134 valence electrons. The zero-order chi connectivity index (χ0) is 17.5. The molecule has 1 aromatic carbocycles. The van der Waals surface area contributed by atoms with Crippen LogP contribution in [0.1, 0.15) is 49.3 Å². The van der Waals surface area contributed by atoms with E-state index in [2.05, 4.69) is 57.7 Å². The molecule has 1 amide bonds. The van der Waals surface area contributed by atoms with E-state index in [4.69, 9.17) is 0 Å². The number of carbonyl (C=O) groups is 1. The van der Waals surface area contributed by atoms with Crippen molar-refractivity contribution >= 4 is 5.91 Å². The van der Waals surface area contributed by atoms with Crippen LogP contribution in [0.5, 0.6) is 0 Å². The summed E-state index contributed by atoms with van der Waals surface area (Å²) in [6, 6.07) is 12.5. The molecule has 0 bridgehead atoms. The van der Waals surface area contributed by atoms with E-state index in [1.54, 1.807) is 0 Å². The average Bonchev–Trinajstić information content (AvgIpc) is 3.18. The van der Waals surface area contributed by atoms with Gasteiger partial charge in [-0.15, -0.1) is 0 Å². The molecular weight excluding hydrogens is 312 g/mol. The van der Waals surface area contributed by atoms with Crippen molar-refractivity contribution in [1.82, 2.24) is 20.4 Å². The first-order chi connectivity index (χ1) is 12.3. The molecule has 1 aromatic heterocycles. The van der Waals surface area contributed by atoms with Gasteiger partial charge in [0.25, 0.3) is 0 Å². The normalized spacial score (nSPS) is 17.3. The first-order valence-electron chi connectivity index (χ1n) is 9.29. The van der Waals surface area contributed by atoms with Gasteiger partial charge in [-0.05, 0) is 44.0 Å². The zero-order valence-electron chi connectivity index (χ0n) is 14.9. The second kappa shape index (κ2) is 8.81. The van der Waals surface area contributed by atoms with E-state index in [0.717, 1.165) is 32.4 Å². The largest absolute Gasteiger partial charge is 0.354 e. The number of hydrogen-bond donors (Lipinski definition) is 2. The highest BCUT2D eigenvalue weighted by atomic mass is 16.2. The fraction of sp³-hybridized carbons (Fsp3) is 0.500. The molecule has 0 unspecified atom stereocenters. The molecule has 2 heterocycles. The lowest BCUT2D eigenvalue weighted by Crippen LogP contribution is -2.42. The Kier molecular flexibility index (Phi) is 6.23. The molecule has 1 aliphatic rings. The number of hydrogen-bond acceptors (Lipinski definition) is 3. The van der Waals surface area contributed by atoms with Crippen molar-refractivity contribution in [2.75, 3.05) is 26.2 Å². The van der Waals surface area contributed by atoms with Crippen LogP contribution in [0.15, 0.2) is 42.6 Å². The number of amides is 1. The van der Waals surface area contributed by atoms with Crippen molar-refractivity contribution in [3.63, 3.8) is 0 Å². The quantitative estimate of drug-likeness (QED) is 0.815. The SMILES string of the molecule is CC[C@H](CNC(=O)CN1CCC(c2ccn[nH]2)CC1)c1ccccc1. The Balaban J connectivity index is 1.41. The smallest absolute Gasteiger partial charge is 0.234 e. The minimum atomic E-state index is 0.134. The maximum Gasteiger partial charge on any atom is 0.234 e. The number of rotatable bonds is 7. The Morgan fingerprint density at radius 3 is 2.68 bits per heavy atom. The molecular formula is C20H28N4O. The van der Waals surface area contributed by atoms with Crippen molar-refractivity contribution in [1.29, 1.82) is 0 Å². The van der Waals surface area contributed by atoms with Gasteiger partial charge in [0.05, 0.1) is 6.54 Å². The third kappa shape index (κ3) is 4.92. The summed E-state index contributed by atoms with van der Waals surface area (Å²) in [7, 11) is 0. The van der Waals surface area contributed by atoms with E-state index < -0.39 is 0 Å². The zero-order valence-corrected chi connectivity index (χ0v) is 14.9. The Morgan fingerprint density at radius 2 is 2.04 bits per heavy atom. The van der Waals surface area contributed by atoms with Gasteiger partial charge in [0, 0.05) is 30.3 Å². The summed E-state index contributed by atoms with van der Waals surface area (Å²) in [4.78, 5) is 14.6. The summed E-state index contributed by atoms with van der Waals surface area (Å²) in [5.74, 6) is 1.06. The third-order valence-corrected chi connectivity index (χ3v) is 5.23. The summed E-state index contributed by atoms with van der Waals surface area (Å²) < 4.78 is 0. The molecule has 2 aromatic rings. The van der Waals surface area contributed by atoms with E-state index in [1.165, 1.54) is 11.3 Å². The summed E-state index contributed by atoms with van der Waals surface area (Å²) >= 11 is 0. The highest BCUT2D eigenvalue weighted by molar-refractivity contribution is 5.78. The predicted molar refractivity (Wildman–Crippen MR) is 99.5 cm³/mol. The number of likely N-dealkylation sites (tertiary alicyclic amines) is 1. The van der Waals surface area contributed by atoms with Crippen LogP contribution in [0.2, 0.25) is 0 Å². The van der Waals surface area contributed by atoms with Crippen LogP contribution in [-0.4, -0.2) is 47.2 Å². The molecule has 25 heavy (non-hydrogen) atoms. The number of piperidine rings is 1. The first kappa shape index (κ1) is 17.7. The van der Waals surface area contributed by atoms with Crippen LogP contribution in [0.4, 0.5) is 0 Å². The van der Waals surface area contributed by atoms with Gasteiger partial charge in [0.15, 0.2) is 0 Å². The molecule has 0 radical (unpaired) electrons. The topological polar surface area (TPSA) is 61.0 Å². The van der Waals surface area contributed by atoms with E-state index in [9.17, 15) is 4.79 Å². The van der Waals surface area contributed by atoms with Crippen LogP contribution in [-0.2, 0) is 4.79 Å². The predicted octanol–water partition coefficient (Wildman–Crippen LogP) is 2.90. The van der Waals surface area contributed by atoms with Gasteiger partial charge < -0.3 is 5.32 Å². The molecule has 0 aliphatic carbocycles. The van der Waals surface area contributed by atoms with Gasteiger partial charge in [-0.2, -0.15) is 5.10 Å². The maximum atomic E-state index is 12.3. The van der Waals surface area contributed by atoms with E-state index in [1.807, 2.05) is 12.3 Å². The van der Waals surface area contributed by atoms with E-state index >= 15 is 0 Å². The summed E-state index contributed by atoms with van der Waals surface area (Å²) in [6.07, 6.45) is 5.00. The van der Waals surface area contributed by atoms with Crippen LogP contribution in [0.3, 0.4) is 0 Å². The number of nitrogens with one attached hydrogen (secondary N) is 2. The van der Waals surface area contributed by atoms with Crippen LogP contribution in [0.25, 0.3) is 0 Å². The van der Waals surface area contributed by atoms with E-state index in [0.29, 0.717) is 24.9 Å². The van der Waals surface area contributed by atoms with Gasteiger partial charge in [0.1, 0.15) is 0 Å². The standard InChI is InChI=1S/C20H28N4O/c1-2-16(17-6-4-3-5-7-17)14-21-20(25)15-24-12-9-18(10-13-24)19-8-11-22-23-19/h3-8,11,16,18H,2,9-10,12-15H2,1H3,(H,21,25)(H,22,23)/t16-/m1/s1. The Bertz CT molecular complexity index is 633. The number of aromatic nitrogens is 2. The number of aromatic amines is 1. The van der Waals surface area contributed by atoms with Gasteiger partial charge >= 0.3 is 0 Å². The minimum Gasteiger partial charge on any atom is -0.354 e. The van der Waals surface area contributed by atoms with Crippen molar-refractivity contribution in [2.45, 2.75) is 38.0 Å². The lowest BCUT2D eigenvalue weighted by Gasteiger charge is -2.31. The lowest BCUT2D eigenvalue weighted by atomic mass is 9.94. The lowest BCUT2D eigenvalue weighted by molar-refractivity contribution is -0.122. The number of carbonyl (C=O) groups excluding carboxylic acids is 1. The van der Waals surface area contributed by atoms with Crippen LogP contribution < -0.4 is 5.32 Å². The van der Waals surface area contributed by atoms with Crippen molar-refractivity contribution in [3.8, 4) is 0 Å². The number of H-pyrrole nitrogens is 1. The Hall–Kier alpha value is -2.14. The monoisotopic (exact) mass is 340 g/mol. The van der Waals surface area contributed by atoms with Gasteiger partial charge in [-0.25, -0.2) is 0 Å². The van der Waals surface area contributed by atoms with Gasteiger partial charge in [-0.1, -0.05) is 37.3 Å². The van der Waals surface area contributed by atoms with Gasteiger partial charge in [-0.3, -0.25) is 14.8 Å². The molecule has 1 saturated heterocycles. The second-order valence-electron chi connectivity index (χ2n) is 6.88. The Morgan fingerprint density at radius 1 is 1.28 bits per heavy atom. The van der Waals surface area contributed by atoms with E-state index in [-0.39, 0.29) is 5.91 Å². The van der Waals surface area contributed by atoms with Crippen molar-refractivity contribution in [3.05, 3.63) is 53.9 Å². The van der Waals surface area contributed by atoms with Crippen molar-refractivity contribution < 1.29 is 4.79 Å². The van der Waals surface area contributed by atoms with Crippen molar-refractivity contribution in [2.24, 2.45) is 0 Å². The summed E-state index contributed by atoms with van der Waals surface area (Å²) in [5.41, 5.74) is 2.52. The molecule has 3 rings (SSSR count). The van der Waals surface area contributed by atoms with Gasteiger partial charge in [0.2, 0.25) is 5.91 Å². The fourth-order valence-electron chi connectivity index (χ4n) is 3.62. The molecule has 1 fully saturated rings. The molecule has 0 spiro atoms. The second-order valence-corrected chi connectivity index (χ2v) is 6.88. The average molecular weight is 340 g/mol. The first-order valence-corrected chi connectivity index (χ1v) is 9.29.